The summed E-state index contributed by atoms with van der Waals surface area (Å²) in [5.41, 5.74) is 0. The maximum Gasteiger partial charge on any atom is 0.428 e. The Hall–Kier alpha value is -1.65. The highest BCUT2D eigenvalue weighted by molar-refractivity contribution is 6.02. The van der Waals surface area contributed by atoms with Gasteiger partial charge in [0.15, 0.2) is 0 Å². The van der Waals surface area contributed by atoms with Crippen LogP contribution in [-0.2, 0) is 4.74 Å². The van der Waals surface area contributed by atoms with Gasteiger partial charge < -0.3 is 4.74 Å². The van der Waals surface area contributed by atoms with Gasteiger partial charge in [-0.05, 0) is 0 Å². The summed E-state index contributed by atoms with van der Waals surface area (Å²) in [7, 11) is 0. The number of esters is 1. The van der Waals surface area contributed by atoms with Crippen molar-refractivity contribution in [3.63, 3.8) is 0 Å². The molecular weight excluding hydrogens is 136 g/mol. The first-order chi connectivity index (χ1) is 4.79. The van der Waals surface area contributed by atoms with Gasteiger partial charge in [0.25, 0.3) is 0 Å². The molecule has 0 atom stereocenters. The number of rotatable bonds is 0. The van der Waals surface area contributed by atoms with E-state index in [2.05, 4.69) is 9.72 Å². The van der Waals surface area contributed by atoms with Crippen molar-refractivity contribution in [3.05, 3.63) is 18.2 Å². The average Bonchev–Trinajstić information content (AvgIpc) is 2.39. The molecule has 0 N–H and O–H groups in total. The van der Waals surface area contributed by atoms with Gasteiger partial charge in [-0.2, -0.15) is 0 Å². The topological polar surface area (TPSA) is 61.2 Å². The molecule has 1 aliphatic rings. The average molecular weight is 138 g/mol. The summed E-state index contributed by atoms with van der Waals surface area (Å²) in [6.45, 7) is 0. The molecule has 5 nitrogen and oxygen atoms in total. The van der Waals surface area contributed by atoms with Gasteiger partial charge in [0.1, 0.15) is 0 Å². The molecule has 2 heterocycles. The minimum atomic E-state index is -0.685. The van der Waals surface area contributed by atoms with Crippen LogP contribution in [0, 0.1) is 0 Å². The van der Waals surface area contributed by atoms with Gasteiger partial charge in [-0.25, -0.2) is 19.1 Å². The van der Waals surface area contributed by atoms with Gasteiger partial charge in [0, 0.05) is 12.4 Å². The molecule has 0 saturated carbocycles. The first kappa shape index (κ1) is 5.16. The van der Waals surface area contributed by atoms with Crippen molar-refractivity contribution >= 4 is 12.1 Å². The summed E-state index contributed by atoms with van der Waals surface area (Å²) in [5, 5.41) is 0. The number of cyclic esters (lactones) is 2. The highest BCUT2D eigenvalue weighted by Crippen LogP contribution is 2.08. The van der Waals surface area contributed by atoms with E-state index < -0.39 is 12.1 Å². The Morgan fingerprint density at radius 3 is 3.00 bits per heavy atom. The van der Waals surface area contributed by atoms with E-state index in [1.807, 2.05) is 0 Å². The number of aromatic nitrogens is 2. The second kappa shape index (κ2) is 1.44. The first-order valence-electron chi connectivity index (χ1n) is 2.59. The number of carbonyl (C=O) groups excluding carboxylic acids is 2. The number of hydrogen-bond donors (Lipinski definition) is 0. The Labute approximate surface area is 55.2 Å². The van der Waals surface area contributed by atoms with E-state index in [-0.39, 0.29) is 5.82 Å². The van der Waals surface area contributed by atoms with E-state index in [0.29, 0.717) is 0 Å². The molecule has 0 aromatic carbocycles. The zero-order valence-corrected chi connectivity index (χ0v) is 4.77. The maximum absolute atomic E-state index is 10.6. The summed E-state index contributed by atoms with van der Waals surface area (Å²) in [6.07, 6.45) is 2.06. The quantitative estimate of drug-likeness (QED) is 0.374. The van der Waals surface area contributed by atoms with Crippen molar-refractivity contribution in [2.24, 2.45) is 0 Å². The van der Waals surface area contributed by atoms with E-state index in [1.165, 1.54) is 12.4 Å². The number of carbonyl (C=O) groups is 2. The van der Waals surface area contributed by atoms with Gasteiger partial charge in [-0.15, -0.1) is 0 Å². The number of fused-ring (bicyclic) bond motifs is 1. The second-order valence-electron chi connectivity index (χ2n) is 1.78. The summed E-state index contributed by atoms with van der Waals surface area (Å²) in [6, 6.07) is 0. The van der Waals surface area contributed by atoms with Crippen molar-refractivity contribution in [1.82, 2.24) is 9.55 Å². The number of nitrogens with zero attached hydrogens (tertiary/aromatic N) is 2. The smallest absolute Gasteiger partial charge is 0.370 e. The zero-order chi connectivity index (χ0) is 7.14. The number of hydrogen-bond acceptors (Lipinski definition) is 4. The summed E-state index contributed by atoms with van der Waals surface area (Å²) in [4.78, 5) is 24.8. The lowest BCUT2D eigenvalue weighted by Gasteiger charge is -1.83. The van der Waals surface area contributed by atoms with Crippen LogP contribution in [0.15, 0.2) is 12.4 Å². The lowest BCUT2D eigenvalue weighted by Crippen LogP contribution is -2.02. The number of imidazole rings is 1. The van der Waals surface area contributed by atoms with Gasteiger partial charge >= 0.3 is 12.1 Å². The Morgan fingerprint density at radius 1 is 1.50 bits per heavy atom. The molecule has 0 bridgehead atoms. The molecule has 0 radical (unpaired) electrons. The van der Waals surface area contributed by atoms with Crippen LogP contribution in [0.5, 0.6) is 0 Å². The van der Waals surface area contributed by atoms with E-state index in [9.17, 15) is 9.59 Å². The van der Waals surface area contributed by atoms with Crippen molar-refractivity contribution in [2.75, 3.05) is 0 Å². The molecule has 1 aromatic heterocycles. The van der Waals surface area contributed by atoms with Crippen LogP contribution in [0.2, 0.25) is 0 Å². The van der Waals surface area contributed by atoms with Crippen LogP contribution in [0.25, 0.3) is 0 Å². The van der Waals surface area contributed by atoms with Crippen LogP contribution in [0.4, 0.5) is 4.79 Å². The fourth-order valence-corrected chi connectivity index (χ4v) is 0.776. The molecule has 50 valence electrons. The lowest BCUT2D eigenvalue weighted by molar-refractivity contribution is 0.0671. The van der Waals surface area contributed by atoms with E-state index in [1.54, 1.807) is 0 Å². The van der Waals surface area contributed by atoms with Crippen molar-refractivity contribution in [3.8, 4) is 0 Å². The maximum atomic E-state index is 10.6. The van der Waals surface area contributed by atoms with Gasteiger partial charge in [-0.1, -0.05) is 0 Å². The Bertz CT molecular complexity index is 286. The Balaban J connectivity index is 2.69. The van der Waals surface area contributed by atoms with Crippen LogP contribution in [0.3, 0.4) is 0 Å². The molecule has 10 heavy (non-hydrogen) atoms. The first-order valence-corrected chi connectivity index (χ1v) is 2.59. The van der Waals surface area contributed by atoms with E-state index in [4.69, 9.17) is 0 Å². The normalized spacial score (nSPS) is 15.2. The van der Waals surface area contributed by atoms with Crippen molar-refractivity contribution in [2.45, 2.75) is 0 Å². The Kier molecular flexibility index (Phi) is 0.743. The van der Waals surface area contributed by atoms with Crippen molar-refractivity contribution < 1.29 is 14.3 Å². The molecule has 0 aliphatic carbocycles. The predicted molar refractivity (Wildman–Crippen MR) is 28.4 cm³/mol. The van der Waals surface area contributed by atoms with Gasteiger partial charge in [0.2, 0.25) is 5.82 Å². The monoisotopic (exact) mass is 138 g/mol. The molecule has 0 fully saturated rings. The molecule has 0 amide bonds. The van der Waals surface area contributed by atoms with Crippen LogP contribution in [-0.4, -0.2) is 21.6 Å². The number of ether oxygens (including phenoxy) is 1. The fraction of sp³-hybridized carbons (Fsp3) is 0. The molecule has 0 saturated heterocycles. The largest absolute Gasteiger partial charge is 0.428 e. The van der Waals surface area contributed by atoms with Crippen molar-refractivity contribution in [1.29, 1.82) is 0 Å². The fourth-order valence-electron chi connectivity index (χ4n) is 0.776. The summed E-state index contributed by atoms with van der Waals surface area (Å²) >= 11 is 0. The van der Waals surface area contributed by atoms with Gasteiger partial charge in [0.05, 0.1) is 0 Å². The molecule has 1 aromatic rings. The third-order valence-corrected chi connectivity index (χ3v) is 1.20. The predicted octanol–water partition coefficient (Wildman–Crippen LogP) is 0.0216. The highest BCUT2D eigenvalue weighted by atomic mass is 16.6. The highest BCUT2D eigenvalue weighted by Gasteiger charge is 2.29. The minimum absolute atomic E-state index is 0.0463. The summed E-state index contributed by atoms with van der Waals surface area (Å²) in [5.74, 6) is -0.639. The van der Waals surface area contributed by atoms with E-state index >= 15 is 0 Å². The lowest BCUT2D eigenvalue weighted by atomic mass is 10.6. The molecule has 2 rings (SSSR count). The van der Waals surface area contributed by atoms with Crippen LogP contribution < -0.4 is 0 Å². The SMILES string of the molecule is O=C1OC(=O)n2ccnc21. The van der Waals surface area contributed by atoms with Crippen LogP contribution in [0.1, 0.15) is 10.6 Å². The van der Waals surface area contributed by atoms with Crippen LogP contribution >= 0.6 is 0 Å². The molecule has 0 spiro atoms. The summed E-state index contributed by atoms with van der Waals surface area (Å²) < 4.78 is 5.25. The van der Waals surface area contributed by atoms with Gasteiger partial charge in [-0.3, -0.25) is 0 Å². The zero-order valence-electron chi connectivity index (χ0n) is 4.77. The Morgan fingerprint density at radius 2 is 2.30 bits per heavy atom. The molecule has 1 aliphatic heterocycles. The second-order valence-corrected chi connectivity index (χ2v) is 1.78. The third kappa shape index (κ3) is 0.439. The van der Waals surface area contributed by atoms with E-state index in [0.717, 1.165) is 4.57 Å². The molecule has 5 heteroatoms. The molecular formula is C5H2N2O3. The minimum Gasteiger partial charge on any atom is -0.370 e. The third-order valence-electron chi connectivity index (χ3n) is 1.20. The molecule has 0 unspecified atom stereocenters. The standard InChI is InChI=1S/C5H2N2O3/c8-4-3-6-1-2-7(3)5(9)10-4/h1-2H.